The molecule has 2 atom stereocenters. The minimum absolute atomic E-state index is 0.232. The molecule has 4 nitrogen and oxygen atoms in total. The Bertz CT molecular complexity index is 435. The average Bonchev–Trinajstić information content (AvgIpc) is 2.45. The van der Waals surface area contributed by atoms with Crippen molar-refractivity contribution >= 4 is 5.97 Å². The van der Waals surface area contributed by atoms with Gasteiger partial charge in [-0.1, -0.05) is 19.1 Å². The summed E-state index contributed by atoms with van der Waals surface area (Å²) in [5.74, 6) is -0.629. The van der Waals surface area contributed by atoms with Crippen LogP contribution in [0.2, 0.25) is 0 Å². The van der Waals surface area contributed by atoms with Gasteiger partial charge >= 0.3 is 5.97 Å². The number of methoxy groups -OCH3 is 1. The molecular formula is C15H22FNO3. The van der Waals surface area contributed by atoms with Gasteiger partial charge in [0.25, 0.3) is 0 Å². The zero-order valence-corrected chi connectivity index (χ0v) is 12.1. The highest BCUT2D eigenvalue weighted by Gasteiger charge is 2.26. The Labute approximate surface area is 119 Å². The average molecular weight is 283 g/mol. The number of aliphatic hydroxyl groups is 1. The molecule has 0 spiro atoms. The van der Waals surface area contributed by atoms with Crippen LogP contribution in [0.5, 0.6) is 0 Å². The molecule has 0 heterocycles. The first-order valence-electron chi connectivity index (χ1n) is 6.65. The monoisotopic (exact) mass is 283 g/mol. The standard InChI is InChI=1S/C15H22FNO3/c1-4-15(2,9-14(19)20-3)17-10-13(18)11-5-7-12(16)8-6-11/h5-8,13,17-18H,4,9-10H2,1-3H3. The molecule has 0 aliphatic rings. The zero-order valence-electron chi connectivity index (χ0n) is 12.1. The van der Waals surface area contributed by atoms with Crippen molar-refractivity contribution in [2.24, 2.45) is 0 Å². The number of β-amino-alcohol motifs (C(OH)–C–C–N with tert-alkyl or cyclic N) is 1. The molecule has 0 bridgehead atoms. The van der Waals surface area contributed by atoms with E-state index in [1.165, 1.54) is 19.2 Å². The Balaban J connectivity index is 2.59. The number of benzene rings is 1. The molecule has 0 amide bonds. The van der Waals surface area contributed by atoms with Crippen molar-refractivity contribution in [1.29, 1.82) is 0 Å². The van der Waals surface area contributed by atoms with Crippen LogP contribution in [-0.4, -0.2) is 30.3 Å². The molecule has 0 aliphatic carbocycles. The molecular weight excluding hydrogens is 261 g/mol. The fraction of sp³-hybridized carbons (Fsp3) is 0.533. The van der Waals surface area contributed by atoms with Crippen LogP contribution in [0.25, 0.3) is 0 Å². The summed E-state index contributed by atoms with van der Waals surface area (Å²) in [6, 6.07) is 5.72. The Morgan fingerprint density at radius 3 is 2.55 bits per heavy atom. The lowest BCUT2D eigenvalue weighted by molar-refractivity contribution is -0.142. The van der Waals surface area contributed by atoms with Crippen LogP contribution in [0.1, 0.15) is 38.4 Å². The minimum atomic E-state index is -0.751. The van der Waals surface area contributed by atoms with Gasteiger partial charge in [0.2, 0.25) is 0 Å². The maximum atomic E-state index is 12.8. The van der Waals surface area contributed by atoms with Crippen molar-refractivity contribution < 1.29 is 19.0 Å². The fourth-order valence-electron chi connectivity index (χ4n) is 1.85. The van der Waals surface area contributed by atoms with E-state index < -0.39 is 11.6 Å². The first-order valence-corrected chi connectivity index (χ1v) is 6.65. The van der Waals surface area contributed by atoms with Gasteiger partial charge in [-0.05, 0) is 31.0 Å². The number of esters is 1. The van der Waals surface area contributed by atoms with Crippen LogP contribution < -0.4 is 5.32 Å². The molecule has 0 saturated heterocycles. The molecule has 2 unspecified atom stereocenters. The van der Waals surface area contributed by atoms with E-state index in [0.717, 1.165) is 6.42 Å². The van der Waals surface area contributed by atoms with E-state index in [0.29, 0.717) is 5.56 Å². The first kappa shape index (κ1) is 16.6. The van der Waals surface area contributed by atoms with Crippen molar-refractivity contribution in [1.82, 2.24) is 5.32 Å². The molecule has 0 aromatic heterocycles. The van der Waals surface area contributed by atoms with Crippen LogP contribution >= 0.6 is 0 Å². The third kappa shape index (κ3) is 4.90. The van der Waals surface area contributed by atoms with Gasteiger partial charge in [0, 0.05) is 12.1 Å². The summed E-state index contributed by atoms with van der Waals surface area (Å²) in [6.07, 6.45) is 0.202. The number of hydrogen-bond acceptors (Lipinski definition) is 4. The summed E-state index contributed by atoms with van der Waals surface area (Å²) in [5.41, 5.74) is 0.198. The molecule has 0 fully saturated rings. The van der Waals surface area contributed by atoms with Gasteiger partial charge in [-0.25, -0.2) is 4.39 Å². The summed E-state index contributed by atoms with van der Waals surface area (Å²) in [5, 5.41) is 13.2. The Kier molecular flexibility index (Phi) is 6.10. The highest BCUT2D eigenvalue weighted by molar-refractivity contribution is 5.70. The largest absolute Gasteiger partial charge is 0.469 e. The quantitative estimate of drug-likeness (QED) is 0.753. The van der Waals surface area contributed by atoms with Gasteiger partial charge in [-0.15, -0.1) is 0 Å². The van der Waals surface area contributed by atoms with Gasteiger partial charge in [0.15, 0.2) is 0 Å². The number of hydrogen-bond donors (Lipinski definition) is 2. The Morgan fingerprint density at radius 1 is 1.45 bits per heavy atom. The van der Waals surface area contributed by atoms with Gasteiger partial charge in [-0.2, -0.15) is 0 Å². The third-order valence-electron chi connectivity index (χ3n) is 3.52. The van der Waals surface area contributed by atoms with E-state index in [2.05, 4.69) is 10.1 Å². The molecule has 1 aromatic rings. The number of carbonyl (C=O) groups excluding carboxylic acids is 1. The second-order valence-electron chi connectivity index (χ2n) is 5.12. The van der Waals surface area contributed by atoms with Crippen LogP contribution in [-0.2, 0) is 9.53 Å². The molecule has 0 aliphatic heterocycles. The lowest BCUT2D eigenvalue weighted by Crippen LogP contribution is -2.45. The number of ether oxygens (including phenoxy) is 1. The minimum Gasteiger partial charge on any atom is -0.469 e. The molecule has 2 N–H and O–H groups in total. The Morgan fingerprint density at radius 2 is 2.05 bits per heavy atom. The molecule has 0 radical (unpaired) electrons. The normalized spacial score (nSPS) is 15.4. The van der Waals surface area contributed by atoms with Crippen molar-refractivity contribution in [3.8, 4) is 0 Å². The highest BCUT2D eigenvalue weighted by Crippen LogP contribution is 2.18. The predicted molar refractivity (Wildman–Crippen MR) is 74.7 cm³/mol. The van der Waals surface area contributed by atoms with E-state index in [1.807, 2.05) is 13.8 Å². The second kappa shape index (κ2) is 7.36. The second-order valence-corrected chi connectivity index (χ2v) is 5.12. The SMILES string of the molecule is CCC(C)(CC(=O)OC)NCC(O)c1ccc(F)cc1. The highest BCUT2D eigenvalue weighted by atomic mass is 19.1. The number of halogens is 1. The molecule has 112 valence electrons. The number of nitrogens with one attached hydrogen (secondary N) is 1. The van der Waals surface area contributed by atoms with Crippen molar-refractivity contribution in [3.63, 3.8) is 0 Å². The number of carbonyl (C=O) groups is 1. The summed E-state index contributed by atoms with van der Waals surface area (Å²) < 4.78 is 17.5. The van der Waals surface area contributed by atoms with Gasteiger partial charge in [0.05, 0.1) is 19.6 Å². The van der Waals surface area contributed by atoms with Crippen molar-refractivity contribution in [2.45, 2.75) is 38.3 Å². The summed E-state index contributed by atoms with van der Waals surface area (Å²) >= 11 is 0. The molecule has 1 rings (SSSR count). The maximum Gasteiger partial charge on any atom is 0.307 e. The maximum absolute atomic E-state index is 12.8. The Hall–Kier alpha value is -1.46. The van der Waals surface area contributed by atoms with Crippen LogP contribution in [0.4, 0.5) is 4.39 Å². The summed E-state index contributed by atoms with van der Waals surface area (Å²) in [4.78, 5) is 11.4. The smallest absolute Gasteiger partial charge is 0.307 e. The van der Waals surface area contributed by atoms with Crippen molar-refractivity contribution in [2.75, 3.05) is 13.7 Å². The van der Waals surface area contributed by atoms with E-state index in [9.17, 15) is 14.3 Å². The lowest BCUT2D eigenvalue weighted by atomic mass is 9.94. The number of aliphatic hydroxyl groups excluding tert-OH is 1. The molecule has 1 aromatic carbocycles. The van der Waals surface area contributed by atoms with E-state index in [1.54, 1.807) is 12.1 Å². The van der Waals surface area contributed by atoms with E-state index >= 15 is 0 Å². The topological polar surface area (TPSA) is 58.6 Å². The van der Waals surface area contributed by atoms with Crippen LogP contribution in [0.3, 0.4) is 0 Å². The van der Waals surface area contributed by atoms with Gasteiger partial charge in [0.1, 0.15) is 5.82 Å². The first-order chi connectivity index (χ1) is 9.40. The van der Waals surface area contributed by atoms with Gasteiger partial charge < -0.3 is 15.2 Å². The fourth-order valence-corrected chi connectivity index (χ4v) is 1.85. The van der Waals surface area contributed by atoms with Gasteiger partial charge in [-0.3, -0.25) is 4.79 Å². The van der Waals surface area contributed by atoms with Crippen molar-refractivity contribution in [3.05, 3.63) is 35.6 Å². The third-order valence-corrected chi connectivity index (χ3v) is 3.52. The number of rotatable bonds is 7. The lowest BCUT2D eigenvalue weighted by Gasteiger charge is -2.30. The molecule has 5 heteroatoms. The summed E-state index contributed by atoms with van der Waals surface area (Å²) in [7, 11) is 1.35. The zero-order chi connectivity index (χ0) is 15.2. The van der Waals surface area contributed by atoms with E-state index in [-0.39, 0.29) is 24.8 Å². The van der Waals surface area contributed by atoms with Crippen LogP contribution in [0.15, 0.2) is 24.3 Å². The van der Waals surface area contributed by atoms with Crippen LogP contribution in [0, 0.1) is 5.82 Å². The summed E-state index contributed by atoms with van der Waals surface area (Å²) in [6.45, 7) is 4.15. The van der Waals surface area contributed by atoms with E-state index in [4.69, 9.17) is 0 Å². The molecule has 20 heavy (non-hydrogen) atoms. The molecule has 0 saturated carbocycles. The predicted octanol–water partition coefficient (Wildman–Crippen LogP) is 2.18.